The summed E-state index contributed by atoms with van der Waals surface area (Å²) >= 11 is 0. The monoisotopic (exact) mass is 324 g/mol. The maximum atomic E-state index is 12.3. The van der Waals surface area contributed by atoms with Crippen molar-refractivity contribution in [3.63, 3.8) is 0 Å². The van der Waals surface area contributed by atoms with Gasteiger partial charge in [0.2, 0.25) is 0 Å². The molecule has 3 rings (SSSR count). The van der Waals surface area contributed by atoms with Gasteiger partial charge in [-0.15, -0.1) is 0 Å². The van der Waals surface area contributed by atoms with E-state index in [1.807, 2.05) is 42.8 Å². The van der Waals surface area contributed by atoms with Crippen molar-refractivity contribution in [1.82, 2.24) is 19.9 Å². The van der Waals surface area contributed by atoms with Crippen LogP contribution < -0.4 is 10.1 Å². The van der Waals surface area contributed by atoms with Crippen LogP contribution >= 0.6 is 0 Å². The van der Waals surface area contributed by atoms with E-state index in [2.05, 4.69) is 15.3 Å². The molecule has 0 saturated carbocycles. The molecule has 0 aliphatic carbocycles. The summed E-state index contributed by atoms with van der Waals surface area (Å²) in [5, 5.41) is 2.88. The predicted molar refractivity (Wildman–Crippen MR) is 92.2 cm³/mol. The highest BCUT2D eigenvalue weighted by molar-refractivity contribution is 5.94. The SMILES string of the molecule is CCOc1cccnc1C(=O)NCCc1nc2ccccc2n1C. The van der Waals surface area contributed by atoms with Crippen molar-refractivity contribution in [2.45, 2.75) is 13.3 Å². The van der Waals surface area contributed by atoms with Gasteiger partial charge in [-0.05, 0) is 31.2 Å². The lowest BCUT2D eigenvalue weighted by molar-refractivity contribution is 0.0944. The second-order valence-corrected chi connectivity index (χ2v) is 5.36. The molecule has 24 heavy (non-hydrogen) atoms. The quantitative estimate of drug-likeness (QED) is 0.755. The van der Waals surface area contributed by atoms with E-state index in [1.165, 1.54) is 0 Å². The average Bonchev–Trinajstić information content (AvgIpc) is 2.92. The Morgan fingerprint density at radius 3 is 2.88 bits per heavy atom. The zero-order chi connectivity index (χ0) is 16.9. The first kappa shape index (κ1) is 16.0. The van der Waals surface area contributed by atoms with Crippen LogP contribution in [-0.2, 0) is 13.5 Å². The predicted octanol–water partition coefficient (Wildman–Crippen LogP) is 2.34. The Kier molecular flexibility index (Phi) is 4.74. The van der Waals surface area contributed by atoms with Gasteiger partial charge in [0.15, 0.2) is 11.4 Å². The number of hydrogen-bond acceptors (Lipinski definition) is 4. The fraction of sp³-hybridized carbons (Fsp3) is 0.278. The number of amides is 1. The lowest BCUT2D eigenvalue weighted by atomic mass is 10.3. The largest absolute Gasteiger partial charge is 0.491 e. The third kappa shape index (κ3) is 3.22. The van der Waals surface area contributed by atoms with Crippen LogP contribution in [0.1, 0.15) is 23.2 Å². The van der Waals surface area contributed by atoms with Crippen LogP contribution in [0.25, 0.3) is 11.0 Å². The van der Waals surface area contributed by atoms with Crippen molar-refractivity contribution in [3.8, 4) is 5.75 Å². The summed E-state index contributed by atoms with van der Waals surface area (Å²) in [6.07, 6.45) is 2.23. The molecule has 2 aromatic heterocycles. The standard InChI is InChI=1S/C18H20N4O2/c1-3-24-15-9-6-11-19-17(15)18(23)20-12-10-16-21-13-7-4-5-8-14(13)22(16)2/h4-9,11H,3,10,12H2,1-2H3,(H,20,23). The summed E-state index contributed by atoms with van der Waals surface area (Å²) in [7, 11) is 1.98. The lowest BCUT2D eigenvalue weighted by Crippen LogP contribution is -2.27. The third-order valence-electron chi connectivity index (χ3n) is 3.80. The molecule has 0 spiro atoms. The number of aryl methyl sites for hydroxylation is 1. The Balaban J connectivity index is 1.65. The zero-order valence-electron chi connectivity index (χ0n) is 13.8. The van der Waals surface area contributed by atoms with E-state index in [0.29, 0.717) is 31.0 Å². The van der Waals surface area contributed by atoms with Crippen molar-refractivity contribution in [2.24, 2.45) is 7.05 Å². The van der Waals surface area contributed by atoms with Crippen molar-refractivity contribution in [3.05, 3.63) is 54.1 Å². The Hall–Kier alpha value is -2.89. The topological polar surface area (TPSA) is 69.0 Å². The van der Waals surface area contributed by atoms with E-state index >= 15 is 0 Å². The van der Waals surface area contributed by atoms with E-state index in [-0.39, 0.29) is 5.91 Å². The molecule has 124 valence electrons. The molecule has 6 heteroatoms. The highest BCUT2D eigenvalue weighted by Gasteiger charge is 2.14. The number of ether oxygens (including phenoxy) is 1. The van der Waals surface area contributed by atoms with E-state index in [9.17, 15) is 4.79 Å². The fourth-order valence-electron chi connectivity index (χ4n) is 2.62. The molecule has 2 heterocycles. The molecule has 0 fully saturated rings. The number of aromatic nitrogens is 3. The highest BCUT2D eigenvalue weighted by Crippen LogP contribution is 2.16. The number of rotatable bonds is 6. The van der Waals surface area contributed by atoms with Crippen LogP contribution in [0.4, 0.5) is 0 Å². The molecule has 1 N–H and O–H groups in total. The Morgan fingerprint density at radius 2 is 2.08 bits per heavy atom. The maximum absolute atomic E-state index is 12.3. The van der Waals surface area contributed by atoms with Crippen molar-refractivity contribution < 1.29 is 9.53 Å². The minimum atomic E-state index is -0.238. The van der Waals surface area contributed by atoms with E-state index < -0.39 is 0 Å². The molecule has 1 aromatic carbocycles. The van der Waals surface area contributed by atoms with Gasteiger partial charge in [0.05, 0.1) is 17.6 Å². The molecule has 0 saturated heterocycles. The van der Waals surface area contributed by atoms with Gasteiger partial charge in [-0.1, -0.05) is 12.1 Å². The molecule has 0 unspecified atom stereocenters. The van der Waals surface area contributed by atoms with Crippen LogP contribution in [-0.4, -0.2) is 33.6 Å². The van der Waals surface area contributed by atoms with Crippen LogP contribution in [0, 0.1) is 0 Å². The molecule has 0 aliphatic heterocycles. The smallest absolute Gasteiger partial charge is 0.273 e. The molecule has 0 bridgehead atoms. The van der Waals surface area contributed by atoms with E-state index in [0.717, 1.165) is 16.9 Å². The number of imidazole rings is 1. The molecule has 0 aliphatic rings. The minimum Gasteiger partial charge on any atom is -0.491 e. The molecule has 0 atom stereocenters. The summed E-state index contributed by atoms with van der Waals surface area (Å²) in [6.45, 7) is 2.85. The molecular weight excluding hydrogens is 304 g/mol. The van der Waals surface area contributed by atoms with Gasteiger partial charge in [0, 0.05) is 26.2 Å². The van der Waals surface area contributed by atoms with Crippen LogP contribution in [0.15, 0.2) is 42.6 Å². The Labute approximate surface area is 140 Å². The fourth-order valence-corrected chi connectivity index (χ4v) is 2.62. The van der Waals surface area contributed by atoms with Crippen LogP contribution in [0.3, 0.4) is 0 Å². The van der Waals surface area contributed by atoms with Crippen molar-refractivity contribution in [2.75, 3.05) is 13.2 Å². The number of nitrogens with one attached hydrogen (secondary N) is 1. The van der Waals surface area contributed by atoms with E-state index in [1.54, 1.807) is 18.3 Å². The number of fused-ring (bicyclic) bond motifs is 1. The summed E-state index contributed by atoms with van der Waals surface area (Å²) in [4.78, 5) is 21.0. The van der Waals surface area contributed by atoms with Crippen LogP contribution in [0.5, 0.6) is 5.75 Å². The first-order valence-corrected chi connectivity index (χ1v) is 7.97. The number of hydrogen-bond donors (Lipinski definition) is 1. The summed E-state index contributed by atoms with van der Waals surface area (Å²) in [5.74, 6) is 1.19. The second kappa shape index (κ2) is 7.12. The number of pyridine rings is 1. The van der Waals surface area contributed by atoms with Gasteiger partial charge in [0.1, 0.15) is 5.82 Å². The van der Waals surface area contributed by atoms with Gasteiger partial charge >= 0.3 is 0 Å². The number of carbonyl (C=O) groups is 1. The molecule has 0 radical (unpaired) electrons. The highest BCUT2D eigenvalue weighted by atomic mass is 16.5. The third-order valence-corrected chi connectivity index (χ3v) is 3.80. The number of nitrogens with zero attached hydrogens (tertiary/aromatic N) is 3. The molecule has 3 aromatic rings. The zero-order valence-corrected chi connectivity index (χ0v) is 13.8. The maximum Gasteiger partial charge on any atom is 0.273 e. The van der Waals surface area contributed by atoms with Gasteiger partial charge in [-0.25, -0.2) is 9.97 Å². The van der Waals surface area contributed by atoms with Gasteiger partial charge in [-0.3, -0.25) is 4.79 Å². The first-order valence-electron chi connectivity index (χ1n) is 7.97. The van der Waals surface area contributed by atoms with Gasteiger partial charge in [0.25, 0.3) is 5.91 Å². The minimum absolute atomic E-state index is 0.238. The summed E-state index contributed by atoms with van der Waals surface area (Å²) in [5.41, 5.74) is 2.36. The molecular formula is C18H20N4O2. The normalized spacial score (nSPS) is 10.8. The second-order valence-electron chi connectivity index (χ2n) is 5.36. The van der Waals surface area contributed by atoms with Crippen molar-refractivity contribution >= 4 is 16.9 Å². The first-order chi connectivity index (χ1) is 11.7. The Morgan fingerprint density at radius 1 is 1.25 bits per heavy atom. The lowest BCUT2D eigenvalue weighted by Gasteiger charge is -2.09. The number of carbonyl (C=O) groups excluding carboxylic acids is 1. The molecule has 6 nitrogen and oxygen atoms in total. The van der Waals surface area contributed by atoms with Gasteiger partial charge in [-0.2, -0.15) is 0 Å². The van der Waals surface area contributed by atoms with Gasteiger partial charge < -0.3 is 14.6 Å². The van der Waals surface area contributed by atoms with Crippen LogP contribution in [0.2, 0.25) is 0 Å². The Bertz CT molecular complexity index is 857. The number of benzene rings is 1. The number of para-hydroxylation sites is 2. The average molecular weight is 324 g/mol. The molecule has 1 amide bonds. The summed E-state index contributed by atoms with van der Waals surface area (Å²) in [6, 6.07) is 11.5. The van der Waals surface area contributed by atoms with Crippen molar-refractivity contribution in [1.29, 1.82) is 0 Å². The summed E-state index contributed by atoms with van der Waals surface area (Å²) < 4.78 is 7.49. The van der Waals surface area contributed by atoms with E-state index in [4.69, 9.17) is 4.74 Å².